The van der Waals surface area contributed by atoms with Crippen LogP contribution < -0.4 is 0 Å². The molecule has 1 N–H and O–H groups in total. The van der Waals surface area contributed by atoms with Crippen molar-refractivity contribution < 1.29 is 24.2 Å². The first-order valence-corrected chi connectivity index (χ1v) is 6.84. The fourth-order valence-corrected chi connectivity index (χ4v) is 2.73. The van der Waals surface area contributed by atoms with Crippen LogP contribution in [-0.4, -0.2) is 60.9 Å². The third-order valence-corrected chi connectivity index (χ3v) is 3.79. The van der Waals surface area contributed by atoms with Gasteiger partial charge in [-0.2, -0.15) is 0 Å². The van der Waals surface area contributed by atoms with Crippen molar-refractivity contribution in [3.8, 4) is 0 Å². The van der Waals surface area contributed by atoms with Crippen LogP contribution in [0, 0.1) is 11.8 Å². The quantitative estimate of drug-likeness (QED) is 0.781. The molecule has 2 heterocycles. The lowest BCUT2D eigenvalue weighted by Crippen LogP contribution is -2.49. The van der Waals surface area contributed by atoms with Crippen LogP contribution in [0.2, 0.25) is 0 Å². The van der Waals surface area contributed by atoms with Crippen LogP contribution in [0.4, 0.5) is 0 Å². The van der Waals surface area contributed by atoms with Crippen molar-refractivity contribution in [2.75, 3.05) is 33.0 Å². The fraction of sp³-hybridized carbons (Fsp3) is 0.846. The maximum absolute atomic E-state index is 12.5. The summed E-state index contributed by atoms with van der Waals surface area (Å²) in [6, 6.07) is -0.342. The van der Waals surface area contributed by atoms with Crippen LogP contribution in [0.1, 0.15) is 19.8 Å². The Balaban J connectivity index is 2.09. The maximum Gasteiger partial charge on any atom is 0.311 e. The summed E-state index contributed by atoms with van der Waals surface area (Å²) in [6.45, 7) is 4.12. The van der Waals surface area contributed by atoms with E-state index >= 15 is 0 Å². The molecule has 0 aromatic carbocycles. The zero-order valence-electron chi connectivity index (χ0n) is 11.2. The van der Waals surface area contributed by atoms with E-state index in [1.165, 1.54) is 0 Å². The van der Waals surface area contributed by atoms with Crippen molar-refractivity contribution in [2.24, 2.45) is 11.8 Å². The van der Waals surface area contributed by atoms with Crippen LogP contribution in [0.3, 0.4) is 0 Å². The van der Waals surface area contributed by atoms with E-state index in [1.807, 2.05) is 6.92 Å². The Morgan fingerprint density at radius 3 is 2.63 bits per heavy atom. The molecule has 3 unspecified atom stereocenters. The van der Waals surface area contributed by atoms with Crippen molar-refractivity contribution in [3.63, 3.8) is 0 Å². The molecule has 0 aromatic heterocycles. The Hall–Kier alpha value is -1.14. The number of rotatable bonds is 5. The molecular weight excluding hydrogens is 250 g/mol. The summed E-state index contributed by atoms with van der Waals surface area (Å²) >= 11 is 0. The minimum Gasteiger partial charge on any atom is -0.481 e. The summed E-state index contributed by atoms with van der Waals surface area (Å²) < 4.78 is 10.5. The molecule has 2 rings (SSSR count). The first kappa shape index (κ1) is 14.3. The molecule has 0 spiro atoms. The average Bonchev–Trinajstić information content (AvgIpc) is 3.05. The van der Waals surface area contributed by atoms with E-state index in [2.05, 4.69) is 0 Å². The van der Waals surface area contributed by atoms with Gasteiger partial charge in [0.1, 0.15) is 5.92 Å². The molecular formula is C13H21NO5. The number of nitrogens with zero attached hydrogens (tertiary/aromatic N) is 1. The second kappa shape index (κ2) is 6.34. The molecule has 2 fully saturated rings. The number of carbonyl (C=O) groups is 2. The van der Waals surface area contributed by atoms with E-state index in [-0.39, 0.29) is 24.5 Å². The highest BCUT2D eigenvalue weighted by Crippen LogP contribution is 2.24. The van der Waals surface area contributed by atoms with E-state index < -0.39 is 11.9 Å². The lowest BCUT2D eigenvalue weighted by molar-refractivity contribution is -0.146. The van der Waals surface area contributed by atoms with E-state index in [9.17, 15) is 14.7 Å². The summed E-state index contributed by atoms with van der Waals surface area (Å²) in [4.78, 5) is 25.4. The van der Waals surface area contributed by atoms with Gasteiger partial charge in [0, 0.05) is 13.2 Å². The lowest BCUT2D eigenvalue weighted by Gasteiger charge is -2.32. The van der Waals surface area contributed by atoms with Gasteiger partial charge in [-0.3, -0.25) is 9.59 Å². The number of amides is 1. The molecule has 108 valence electrons. The summed E-state index contributed by atoms with van der Waals surface area (Å²) in [5, 5.41) is 9.21. The molecule has 19 heavy (non-hydrogen) atoms. The monoisotopic (exact) mass is 271 g/mol. The second-order valence-corrected chi connectivity index (χ2v) is 5.14. The third-order valence-electron chi connectivity index (χ3n) is 3.79. The fourth-order valence-electron chi connectivity index (χ4n) is 2.73. The highest BCUT2D eigenvalue weighted by molar-refractivity contribution is 5.81. The molecule has 0 saturated carbocycles. The Kier molecular flexibility index (Phi) is 4.76. The predicted octanol–water partition coefficient (Wildman–Crippen LogP) is 0.361. The van der Waals surface area contributed by atoms with Gasteiger partial charge in [-0.1, -0.05) is 6.92 Å². The van der Waals surface area contributed by atoms with Crippen LogP contribution >= 0.6 is 0 Å². The van der Waals surface area contributed by atoms with Gasteiger partial charge in [0.25, 0.3) is 0 Å². The zero-order valence-corrected chi connectivity index (χ0v) is 11.2. The van der Waals surface area contributed by atoms with E-state index in [0.29, 0.717) is 26.4 Å². The lowest BCUT2D eigenvalue weighted by atomic mass is 9.99. The number of carbonyl (C=O) groups excluding carboxylic acids is 1. The van der Waals surface area contributed by atoms with E-state index in [0.717, 1.165) is 12.8 Å². The SMILES string of the molecule is CCCN(C(=O)C1CCOC1)C1COCC1C(=O)O. The van der Waals surface area contributed by atoms with Gasteiger partial charge in [-0.15, -0.1) is 0 Å². The first-order valence-electron chi connectivity index (χ1n) is 6.84. The minimum atomic E-state index is -0.890. The van der Waals surface area contributed by atoms with Crippen LogP contribution in [0.25, 0.3) is 0 Å². The predicted molar refractivity (Wildman–Crippen MR) is 66.7 cm³/mol. The van der Waals surface area contributed by atoms with E-state index in [1.54, 1.807) is 4.90 Å². The molecule has 2 aliphatic heterocycles. The topological polar surface area (TPSA) is 76.1 Å². The van der Waals surface area contributed by atoms with Crippen LogP contribution in [0.15, 0.2) is 0 Å². The summed E-state index contributed by atoms with van der Waals surface area (Å²) in [7, 11) is 0. The van der Waals surface area contributed by atoms with Gasteiger partial charge in [0.2, 0.25) is 5.91 Å². The van der Waals surface area contributed by atoms with Gasteiger partial charge in [0.05, 0.1) is 31.8 Å². The smallest absolute Gasteiger partial charge is 0.311 e. The molecule has 1 amide bonds. The number of carboxylic acid groups (broad SMARTS) is 1. The molecule has 2 aliphatic rings. The molecule has 6 heteroatoms. The number of aliphatic carboxylic acids is 1. The molecule has 0 radical (unpaired) electrons. The summed E-state index contributed by atoms with van der Waals surface area (Å²) in [5.74, 6) is -1.61. The Morgan fingerprint density at radius 1 is 1.26 bits per heavy atom. The summed E-state index contributed by atoms with van der Waals surface area (Å²) in [5.41, 5.74) is 0. The molecule has 0 aliphatic carbocycles. The first-order chi connectivity index (χ1) is 9.15. The number of carboxylic acids is 1. The van der Waals surface area contributed by atoms with Crippen molar-refractivity contribution >= 4 is 11.9 Å². The van der Waals surface area contributed by atoms with E-state index in [4.69, 9.17) is 9.47 Å². The van der Waals surface area contributed by atoms with Gasteiger partial charge >= 0.3 is 5.97 Å². The third kappa shape index (κ3) is 3.06. The maximum atomic E-state index is 12.5. The molecule has 6 nitrogen and oxygen atoms in total. The molecule has 2 saturated heterocycles. The largest absolute Gasteiger partial charge is 0.481 e. The minimum absolute atomic E-state index is 0.0149. The van der Waals surface area contributed by atoms with Crippen molar-refractivity contribution in [1.29, 1.82) is 0 Å². The van der Waals surface area contributed by atoms with Crippen molar-refractivity contribution in [2.45, 2.75) is 25.8 Å². The Morgan fingerprint density at radius 2 is 2.05 bits per heavy atom. The van der Waals surface area contributed by atoms with Gasteiger partial charge in [0.15, 0.2) is 0 Å². The van der Waals surface area contributed by atoms with Crippen molar-refractivity contribution in [3.05, 3.63) is 0 Å². The number of ether oxygens (including phenoxy) is 2. The van der Waals surface area contributed by atoms with Crippen LogP contribution in [0.5, 0.6) is 0 Å². The van der Waals surface area contributed by atoms with Crippen molar-refractivity contribution in [1.82, 2.24) is 4.90 Å². The molecule has 0 bridgehead atoms. The Labute approximate surface area is 112 Å². The standard InChI is InChI=1S/C13H21NO5/c1-2-4-14(12(15)9-3-5-18-6-9)11-8-19-7-10(11)13(16)17/h9-11H,2-8H2,1H3,(H,16,17). The zero-order chi connectivity index (χ0) is 13.8. The number of hydrogen-bond donors (Lipinski definition) is 1. The van der Waals surface area contributed by atoms with Crippen LogP contribution in [-0.2, 0) is 19.1 Å². The average molecular weight is 271 g/mol. The van der Waals surface area contributed by atoms with Gasteiger partial charge < -0.3 is 19.5 Å². The molecule has 3 atom stereocenters. The van der Waals surface area contributed by atoms with Gasteiger partial charge in [-0.05, 0) is 12.8 Å². The molecule has 0 aromatic rings. The summed E-state index contributed by atoms with van der Waals surface area (Å²) in [6.07, 6.45) is 1.53. The highest BCUT2D eigenvalue weighted by atomic mass is 16.5. The highest BCUT2D eigenvalue weighted by Gasteiger charge is 2.41. The van der Waals surface area contributed by atoms with Gasteiger partial charge in [-0.25, -0.2) is 0 Å². The normalized spacial score (nSPS) is 30.5. The second-order valence-electron chi connectivity index (χ2n) is 5.14. The number of hydrogen-bond acceptors (Lipinski definition) is 4. The Bertz CT molecular complexity index is 340.